The molecule has 45 heavy (non-hydrogen) atoms. The van der Waals surface area contributed by atoms with Crippen LogP contribution in [0.5, 0.6) is 0 Å². The second kappa shape index (κ2) is 21.8. The fourth-order valence-electron chi connectivity index (χ4n) is 3.76. The van der Waals surface area contributed by atoms with Gasteiger partial charge in [-0.3, -0.25) is 28.8 Å². The van der Waals surface area contributed by atoms with E-state index in [1.165, 1.54) is 0 Å². The molecule has 0 fully saturated rings. The minimum Gasteiger partial charge on any atom is -0.480 e. The van der Waals surface area contributed by atoms with E-state index in [-0.39, 0.29) is 24.7 Å². The number of aliphatic hydroxyl groups is 2. The van der Waals surface area contributed by atoms with E-state index in [1.807, 2.05) is 0 Å². The number of carbonyl (C=O) groups is 7. The zero-order chi connectivity index (χ0) is 34.7. The maximum Gasteiger partial charge on any atom is 0.326 e. The van der Waals surface area contributed by atoms with E-state index in [0.29, 0.717) is 19.4 Å². The van der Waals surface area contributed by atoms with E-state index in [1.54, 1.807) is 27.7 Å². The number of hydrogen-bond acceptors (Lipinski definition) is 11. The first-order valence-electron chi connectivity index (χ1n) is 14.7. The van der Waals surface area contributed by atoms with E-state index in [0.717, 1.165) is 0 Å². The topological polar surface area (TPSA) is 304 Å². The highest BCUT2D eigenvalue weighted by molar-refractivity contribution is 5.96. The SMILES string of the molecule is CC(C)C[C@H](NC(=O)CNC(=O)[C@@H](N)C(C)C)C(=O)N[C@@H](CO)C(=O)N[C@@H](CO)C(=O)NCC(=O)N[C@@H](CCCCN)C(=O)O. The number of nitrogens with two attached hydrogens (primary N) is 2. The third-order valence-electron chi connectivity index (χ3n) is 6.44. The van der Waals surface area contributed by atoms with Gasteiger partial charge in [0.25, 0.3) is 0 Å². The fourth-order valence-corrected chi connectivity index (χ4v) is 3.76. The van der Waals surface area contributed by atoms with Crippen LogP contribution in [0.2, 0.25) is 0 Å². The first-order valence-corrected chi connectivity index (χ1v) is 14.7. The van der Waals surface area contributed by atoms with Gasteiger partial charge in [0.15, 0.2) is 0 Å². The molecule has 0 aliphatic carbocycles. The van der Waals surface area contributed by atoms with Crippen molar-refractivity contribution >= 4 is 41.4 Å². The highest BCUT2D eigenvalue weighted by atomic mass is 16.4. The average molecular weight is 647 g/mol. The summed E-state index contributed by atoms with van der Waals surface area (Å²) < 4.78 is 0. The molecular weight excluding hydrogens is 596 g/mol. The Morgan fingerprint density at radius 1 is 0.644 bits per heavy atom. The number of nitrogens with one attached hydrogen (secondary N) is 6. The molecule has 0 radical (unpaired) electrons. The monoisotopic (exact) mass is 646 g/mol. The van der Waals surface area contributed by atoms with Crippen molar-refractivity contribution < 1.29 is 48.9 Å². The van der Waals surface area contributed by atoms with Crippen molar-refractivity contribution in [2.24, 2.45) is 23.3 Å². The number of carbonyl (C=O) groups excluding carboxylic acids is 6. The maximum absolute atomic E-state index is 13.0. The van der Waals surface area contributed by atoms with Gasteiger partial charge in [0.05, 0.1) is 32.3 Å². The molecule has 0 aromatic rings. The van der Waals surface area contributed by atoms with Gasteiger partial charge >= 0.3 is 5.97 Å². The van der Waals surface area contributed by atoms with Gasteiger partial charge in [-0.05, 0) is 44.1 Å². The maximum atomic E-state index is 13.0. The largest absolute Gasteiger partial charge is 0.480 e. The summed E-state index contributed by atoms with van der Waals surface area (Å²) in [5.74, 6) is -6.49. The van der Waals surface area contributed by atoms with E-state index in [2.05, 4.69) is 31.9 Å². The Labute approximate surface area is 262 Å². The number of amides is 6. The van der Waals surface area contributed by atoms with Crippen LogP contribution in [0, 0.1) is 11.8 Å². The van der Waals surface area contributed by atoms with E-state index in [9.17, 15) is 48.9 Å². The lowest BCUT2D eigenvalue weighted by Gasteiger charge is -2.25. The quantitative estimate of drug-likeness (QED) is 0.0495. The van der Waals surface area contributed by atoms with Gasteiger partial charge in [0, 0.05) is 0 Å². The minimum absolute atomic E-state index is 0.0946. The smallest absolute Gasteiger partial charge is 0.326 e. The van der Waals surface area contributed by atoms with Crippen molar-refractivity contribution in [3.63, 3.8) is 0 Å². The molecule has 0 saturated carbocycles. The summed E-state index contributed by atoms with van der Waals surface area (Å²) in [6.07, 6.45) is 1.28. The lowest BCUT2D eigenvalue weighted by Crippen LogP contribution is -2.59. The van der Waals surface area contributed by atoms with Gasteiger partial charge in [-0.15, -0.1) is 0 Å². The third kappa shape index (κ3) is 16.7. The summed E-state index contributed by atoms with van der Waals surface area (Å²) in [4.78, 5) is 86.2. The van der Waals surface area contributed by atoms with E-state index >= 15 is 0 Å². The van der Waals surface area contributed by atoms with Crippen LogP contribution >= 0.6 is 0 Å². The molecule has 0 unspecified atom stereocenters. The molecule has 0 heterocycles. The summed E-state index contributed by atoms with van der Waals surface area (Å²) in [7, 11) is 0. The Kier molecular flexibility index (Phi) is 19.9. The molecular formula is C27H50N8O10. The van der Waals surface area contributed by atoms with Crippen LogP contribution in [0.3, 0.4) is 0 Å². The molecule has 6 amide bonds. The van der Waals surface area contributed by atoms with Crippen LogP contribution in [-0.2, 0) is 33.6 Å². The van der Waals surface area contributed by atoms with Crippen LogP contribution < -0.4 is 43.4 Å². The zero-order valence-corrected chi connectivity index (χ0v) is 26.3. The van der Waals surface area contributed by atoms with Gasteiger partial charge in [-0.1, -0.05) is 27.7 Å². The Balaban J connectivity index is 5.17. The van der Waals surface area contributed by atoms with Crippen molar-refractivity contribution in [2.45, 2.75) is 83.6 Å². The fraction of sp³-hybridized carbons (Fsp3) is 0.741. The number of aliphatic hydroxyl groups excluding tert-OH is 2. The average Bonchev–Trinajstić information content (AvgIpc) is 2.98. The van der Waals surface area contributed by atoms with Crippen molar-refractivity contribution in [2.75, 3.05) is 32.8 Å². The molecule has 0 bridgehead atoms. The summed E-state index contributed by atoms with van der Waals surface area (Å²) in [6, 6.07) is -6.38. The molecule has 13 N–H and O–H groups in total. The number of rotatable bonds is 22. The number of carboxylic acids is 1. The van der Waals surface area contributed by atoms with Crippen LogP contribution in [0.1, 0.15) is 53.4 Å². The Bertz CT molecular complexity index is 1010. The zero-order valence-electron chi connectivity index (χ0n) is 26.3. The van der Waals surface area contributed by atoms with E-state index in [4.69, 9.17) is 11.5 Å². The molecule has 0 spiro atoms. The number of aliphatic carboxylic acids is 1. The molecule has 18 heteroatoms. The Hall–Kier alpha value is -3.87. The summed E-state index contributed by atoms with van der Waals surface area (Å²) >= 11 is 0. The minimum atomic E-state index is -1.59. The molecule has 0 aromatic carbocycles. The predicted molar refractivity (Wildman–Crippen MR) is 161 cm³/mol. The van der Waals surface area contributed by atoms with Crippen LogP contribution in [0.15, 0.2) is 0 Å². The Morgan fingerprint density at radius 3 is 1.56 bits per heavy atom. The normalized spacial score (nSPS) is 14.4. The number of carboxylic acid groups (broad SMARTS) is 1. The third-order valence-corrected chi connectivity index (χ3v) is 6.44. The van der Waals surface area contributed by atoms with E-state index < -0.39 is 97.9 Å². The van der Waals surface area contributed by atoms with Crippen LogP contribution in [0.4, 0.5) is 0 Å². The van der Waals surface area contributed by atoms with Crippen molar-refractivity contribution in [3.05, 3.63) is 0 Å². The first kappa shape index (κ1) is 41.1. The number of unbranched alkanes of at least 4 members (excludes halogenated alkanes) is 1. The molecule has 18 nitrogen and oxygen atoms in total. The molecule has 0 rings (SSSR count). The lowest BCUT2D eigenvalue weighted by atomic mass is 10.0. The van der Waals surface area contributed by atoms with Gasteiger partial charge < -0.3 is 58.7 Å². The molecule has 0 aromatic heterocycles. The van der Waals surface area contributed by atoms with Crippen molar-refractivity contribution in [1.29, 1.82) is 0 Å². The summed E-state index contributed by atoms with van der Waals surface area (Å²) in [6.45, 7) is 4.44. The summed E-state index contributed by atoms with van der Waals surface area (Å²) in [5.41, 5.74) is 11.1. The van der Waals surface area contributed by atoms with Gasteiger partial charge in [0.1, 0.15) is 24.2 Å². The first-order chi connectivity index (χ1) is 21.1. The Morgan fingerprint density at radius 2 is 1.11 bits per heavy atom. The van der Waals surface area contributed by atoms with Crippen molar-refractivity contribution in [3.8, 4) is 0 Å². The lowest BCUT2D eigenvalue weighted by molar-refractivity contribution is -0.142. The predicted octanol–water partition coefficient (Wildman–Crippen LogP) is -4.61. The molecule has 0 aliphatic heterocycles. The second-order valence-electron chi connectivity index (χ2n) is 11.2. The molecule has 0 aliphatic rings. The van der Waals surface area contributed by atoms with Crippen LogP contribution in [-0.4, -0.2) is 120 Å². The highest BCUT2D eigenvalue weighted by Crippen LogP contribution is 2.06. The molecule has 258 valence electrons. The molecule has 0 saturated heterocycles. The van der Waals surface area contributed by atoms with Gasteiger partial charge in [-0.2, -0.15) is 0 Å². The standard InChI is InChI=1S/C27H50N8O10/c1-14(2)9-17(33-21(39)11-31-26(43)22(29)15(3)4)24(41)35-19(13-37)25(42)34-18(12-36)23(40)30-10-20(38)32-16(27(44)45)7-5-6-8-28/h14-19,22,36-37H,5-13,28-29H2,1-4H3,(H,30,40)(H,31,43)(H,32,38)(H,33,39)(H,34,42)(H,35,41)(H,44,45)/t16-,17-,18-,19-,22-/m0/s1. The van der Waals surface area contributed by atoms with Crippen LogP contribution in [0.25, 0.3) is 0 Å². The second-order valence-corrected chi connectivity index (χ2v) is 11.2. The summed E-state index contributed by atoms with van der Waals surface area (Å²) in [5, 5.41) is 42.3. The number of hydrogen-bond donors (Lipinski definition) is 11. The van der Waals surface area contributed by atoms with Gasteiger partial charge in [0.2, 0.25) is 35.4 Å². The van der Waals surface area contributed by atoms with Crippen molar-refractivity contribution in [1.82, 2.24) is 31.9 Å². The van der Waals surface area contributed by atoms with Gasteiger partial charge in [-0.25, -0.2) is 4.79 Å². The molecule has 5 atom stereocenters. The highest BCUT2D eigenvalue weighted by Gasteiger charge is 2.30.